The molecule has 0 aliphatic carbocycles. The minimum absolute atomic E-state index is 0.0171. The van der Waals surface area contributed by atoms with Gasteiger partial charge in [-0.1, -0.05) is 38.8 Å². The first-order valence-electron chi connectivity index (χ1n) is 7.38. The molecule has 1 fully saturated rings. The predicted octanol–water partition coefficient (Wildman–Crippen LogP) is 3.03. The third-order valence-electron chi connectivity index (χ3n) is 3.61. The number of rotatable bonds is 6. The molecule has 0 bridgehead atoms. The zero-order valence-electron chi connectivity index (χ0n) is 12.2. The highest BCUT2D eigenvalue weighted by Gasteiger charge is 2.25. The van der Waals surface area contributed by atoms with Crippen LogP contribution in [0.2, 0.25) is 0 Å². The molecular weight excluding hydrogens is 270 g/mol. The number of amides is 1. The summed E-state index contributed by atoms with van der Waals surface area (Å²) in [4.78, 5) is 11.7. The van der Waals surface area contributed by atoms with Crippen LogP contribution in [0.5, 0.6) is 5.75 Å². The van der Waals surface area contributed by atoms with Crippen molar-refractivity contribution in [1.82, 2.24) is 5.32 Å². The molecule has 1 aromatic carbocycles. The summed E-state index contributed by atoms with van der Waals surface area (Å²) in [6.45, 7) is 4.23. The van der Waals surface area contributed by atoms with Crippen LogP contribution in [0, 0.1) is 0 Å². The van der Waals surface area contributed by atoms with Crippen LogP contribution in [0.25, 0.3) is 0 Å². The van der Waals surface area contributed by atoms with Crippen LogP contribution in [0.4, 0.5) is 0 Å². The summed E-state index contributed by atoms with van der Waals surface area (Å²) in [5.41, 5.74) is 3.22. The molecule has 4 heteroatoms. The van der Waals surface area contributed by atoms with Crippen LogP contribution < -0.4 is 5.32 Å². The number of aromatic hydroxyl groups is 1. The minimum Gasteiger partial charge on any atom is -0.507 e. The lowest BCUT2D eigenvalue weighted by Crippen LogP contribution is -2.24. The summed E-state index contributed by atoms with van der Waals surface area (Å²) in [6, 6.07) is 4.15. The SMILES string of the molecule is CCCc1cc(CC2SCNC2=O)cc(CCC)c1O. The molecule has 1 amide bonds. The van der Waals surface area contributed by atoms with E-state index < -0.39 is 0 Å². The van der Waals surface area contributed by atoms with Crippen molar-refractivity contribution in [3.8, 4) is 5.75 Å². The number of nitrogens with one attached hydrogen (secondary N) is 1. The van der Waals surface area contributed by atoms with Crippen LogP contribution >= 0.6 is 11.8 Å². The van der Waals surface area contributed by atoms with Crippen molar-refractivity contribution >= 4 is 17.7 Å². The van der Waals surface area contributed by atoms with Gasteiger partial charge in [0.1, 0.15) is 5.75 Å². The first-order valence-corrected chi connectivity index (χ1v) is 8.43. The quantitative estimate of drug-likeness (QED) is 0.847. The number of carbonyl (C=O) groups excluding carboxylic acids is 1. The third-order valence-corrected chi connectivity index (χ3v) is 4.70. The normalized spacial score (nSPS) is 18.3. The summed E-state index contributed by atoms with van der Waals surface area (Å²) < 4.78 is 0. The Kier molecular flexibility index (Phi) is 5.35. The molecule has 1 heterocycles. The van der Waals surface area contributed by atoms with Crippen molar-refractivity contribution < 1.29 is 9.90 Å². The van der Waals surface area contributed by atoms with Crippen LogP contribution in [0.1, 0.15) is 43.4 Å². The number of phenolic OH excluding ortho intramolecular Hbond substituents is 1. The highest BCUT2D eigenvalue weighted by atomic mass is 32.2. The van der Waals surface area contributed by atoms with E-state index in [1.807, 2.05) is 0 Å². The Morgan fingerprint density at radius 2 is 1.85 bits per heavy atom. The average molecular weight is 293 g/mol. The van der Waals surface area contributed by atoms with Gasteiger partial charge in [-0.3, -0.25) is 4.79 Å². The van der Waals surface area contributed by atoms with Gasteiger partial charge >= 0.3 is 0 Å². The molecule has 1 aliphatic rings. The average Bonchev–Trinajstić information content (AvgIpc) is 2.81. The first-order chi connectivity index (χ1) is 9.65. The van der Waals surface area contributed by atoms with E-state index in [1.54, 1.807) is 11.8 Å². The number of carbonyl (C=O) groups is 1. The smallest absolute Gasteiger partial charge is 0.234 e. The van der Waals surface area contributed by atoms with Gasteiger partial charge < -0.3 is 10.4 Å². The second kappa shape index (κ2) is 7.02. The van der Waals surface area contributed by atoms with E-state index in [-0.39, 0.29) is 11.2 Å². The Labute approximate surface area is 125 Å². The highest BCUT2D eigenvalue weighted by molar-refractivity contribution is 8.01. The van der Waals surface area contributed by atoms with Crippen molar-refractivity contribution in [2.24, 2.45) is 0 Å². The third kappa shape index (κ3) is 3.48. The van der Waals surface area contributed by atoms with Crippen LogP contribution in [-0.4, -0.2) is 22.1 Å². The fraction of sp³-hybridized carbons (Fsp3) is 0.562. The molecule has 3 nitrogen and oxygen atoms in total. The van der Waals surface area contributed by atoms with E-state index in [1.165, 1.54) is 5.56 Å². The maximum Gasteiger partial charge on any atom is 0.234 e. The number of phenols is 1. The molecule has 1 aliphatic heterocycles. The summed E-state index contributed by atoms with van der Waals surface area (Å²) in [5, 5.41) is 13.2. The van der Waals surface area contributed by atoms with Gasteiger partial charge in [-0.2, -0.15) is 0 Å². The summed E-state index contributed by atoms with van der Waals surface area (Å²) >= 11 is 1.66. The van der Waals surface area contributed by atoms with Crippen molar-refractivity contribution in [3.05, 3.63) is 28.8 Å². The Hall–Kier alpha value is -1.16. The van der Waals surface area contributed by atoms with Crippen LogP contribution in [-0.2, 0) is 24.1 Å². The van der Waals surface area contributed by atoms with Crippen molar-refractivity contribution in [2.45, 2.75) is 51.2 Å². The van der Waals surface area contributed by atoms with Crippen LogP contribution in [0.3, 0.4) is 0 Å². The highest BCUT2D eigenvalue weighted by Crippen LogP contribution is 2.29. The first kappa shape index (κ1) is 15.2. The second-order valence-electron chi connectivity index (χ2n) is 5.31. The molecule has 0 aromatic heterocycles. The fourth-order valence-electron chi connectivity index (χ4n) is 2.64. The van der Waals surface area contributed by atoms with Gasteiger partial charge in [0.25, 0.3) is 0 Å². The molecule has 110 valence electrons. The molecule has 0 spiro atoms. The standard InChI is InChI=1S/C16H23NO2S/c1-3-5-12-7-11(8-13(6-4-2)15(12)18)9-14-16(19)17-10-20-14/h7-8,14,18H,3-6,9-10H2,1-2H3,(H,17,19). The largest absolute Gasteiger partial charge is 0.507 e. The number of thioether (sulfide) groups is 1. The molecular formula is C16H23NO2S. The summed E-state index contributed by atoms with van der Waals surface area (Å²) in [5.74, 6) is 1.31. The molecule has 20 heavy (non-hydrogen) atoms. The van der Waals surface area contributed by atoms with Crippen molar-refractivity contribution in [1.29, 1.82) is 0 Å². The molecule has 1 aromatic rings. The lowest BCUT2D eigenvalue weighted by atomic mass is 9.96. The van der Waals surface area contributed by atoms with E-state index in [4.69, 9.17) is 0 Å². The topological polar surface area (TPSA) is 49.3 Å². The second-order valence-corrected chi connectivity index (χ2v) is 6.50. The van der Waals surface area contributed by atoms with Gasteiger partial charge in [0.2, 0.25) is 5.91 Å². The molecule has 1 saturated heterocycles. The van der Waals surface area contributed by atoms with E-state index in [0.717, 1.165) is 43.2 Å². The zero-order chi connectivity index (χ0) is 14.5. The van der Waals surface area contributed by atoms with E-state index in [2.05, 4.69) is 31.3 Å². The Morgan fingerprint density at radius 1 is 1.25 bits per heavy atom. The number of benzene rings is 1. The zero-order valence-corrected chi connectivity index (χ0v) is 13.1. The number of hydrogen-bond acceptors (Lipinski definition) is 3. The van der Waals surface area contributed by atoms with Crippen molar-refractivity contribution in [2.75, 3.05) is 5.88 Å². The fourth-order valence-corrected chi connectivity index (χ4v) is 3.61. The molecule has 0 saturated carbocycles. The predicted molar refractivity (Wildman–Crippen MR) is 84.2 cm³/mol. The van der Waals surface area contributed by atoms with Gasteiger partial charge in [-0.25, -0.2) is 0 Å². The summed E-state index contributed by atoms with van der Waals surface area (Å²) in [7, 11) is 0. The minimum atomic E-state index is 0.0171. The number of hydrogen-bond donors (Lipinski definition) is 2. The Bertz CT molecular complexity index is 460. The van der Waals surface area contributed by atoms with Gasteiger partial charge in [0.05, 0.1) is 11.1 Å². The Morgan fingerprint density at radius 3 is 2.30 bits per heavy atom. The molecule has 1 atom stereocenters. The molecule has 2 rings (SSSR count). The van der Waals surface area contributed by atoms with E-state index in [9.17, 15) is 9.90 Å². The lowest BCUT2D eigenvalue weighted by molar-refractivity contribution is -0.119. The molecule has 0 radical (unpaired) electrons. The van der Waals surface area contributed by atoms with Crippen LogP contribution in [0.15, 0.2) is 12.1 Å². The maximum absolute atomic E-state index is 11.7. The van der Waals surface area contributed by atoms with E-state index in [0.29, 0.717) is 11.6 Å². The van der Waals surface area contributed by atoms with E-state index >= 15 is 0 Å². The van der Waals surface area contributed by atoms with Gasteiger partial charge in [0, 0.05) is 0 Å². The monoisotopic (exact) mass is 293 g/mol. The molecule has 1 unspecified atom stereocenters. The van der Waals surface area contributed by atoms with Gasteiger partial charge in [0.15, 0.2) is 0 Å². The van der Waals surface area contributed by atoms with Gasteiger partial charge in [-0.15, -0.1) is 11.8 Å². The number of aryl methyl sites for hydroxylation is 2. The van der Waals surface area contributed by atoms with Crippen molar-refractivity contribution in [3.63, 3.8) is 0 Å². The summed E-state index contributed by atoms with van der Waals surface area (Å²) in [6.07, 6.45) is 4.56. The Balaban J connectivity index is 2.24. The maximum atomic E-state index is 11.7. The van der Waals surface area contributed by atoms with Gasteiger partial charge in [-0.05, 0) is 36.0 Å². The molecule has 2 N–H and O–H groups in total. The lowest BCUT2D eigenvalue weighted by Gasteiger charge is -2.14.